The SMILES string of the molecule is NC(N)=NC1=NCCS1. The number of thioether (sulfide) groups is 1. The Balaban J connectivity index is 2.53. The molecule has 5 heteroatoms. The Bertz CT molecular complexity index is 158. The third kappa shape index (κ3) is 1.93. The van der Waals surface area contributed by atoms with E-state index in [1.807, 2.05) is 0 Å². The smallest absolute Gasteiger partial charge is 0.193 e. The molecule has 0 aromatic carbocycles. The fourth-order valence-corrected chi connectivity index (χ4v) is 1.22. The van der Waals surface area contributed by atoms with E-state index in [0.717, 1.165) is 12.3 Å². The predicted molar refractivity (Wildman–Crippen MR) is 40.6 cm³/mol. The fourth-order valence-electron chi connectivity index (χ4n) is 0.502. The van der Waals surface area contributed by atoms with Crippen molar-refractivity contribution in [1.82, 2.24) is 0 Å². The Morgan fingerprint density at radius 3 is 2.89 bits per heavy atom. The van der Waals surface area contributed by atoms with Crippen molar-refractivity contribution in [2.75, 3.05) is 12.3 Å². The summed E-state index contributed by atoms with van der Waals surface area (Å²) in [7, 11) is 0. The summed E-state index contributed by atoms with van der Waals surface area (Å²) in [5, 5.41) is 0.704. The molecule has 4 nitrogen and oxygen atoms in total. The second kappa shape index (κ2) is 2.72. The Hall–Kier alpha value is -0.710. The van der Waals surface area contributed by atoms with Crippen molar-refractivity contribution in [2.45, 2.75) is 0 Å². The molecule has 1 rings (SSSR count). The highest BCUT2D eigenvalue weighted by atomic mass is 32.2. The first-order chi connectivity index (χ1) is 4.29. The van der Waals surface area contributed by atoms with E-state index in [4.69, 9.17) is 11.5 Å². The zero-order valence-electron chi connectivity index (χ0n) is 4.87. The molecule has 0 radical (unpaired) electrons. The quantitative estimate of drug-likeness (QED) is 0.351. The predicted octanol–water partition coefficient (Wildman–Crippen LogP) is -0.637. The molecule has 0 unspecified atom stereocenters. The monoisotopic (exact) mass is 144 g/mol. The van der Waals surface area contributed by atoms with Gasteiger partial charge in [0.1, 0.15) is 0 Å². The van der Waals surface area contributed by atoms with Gasteiger partial charge in [0.15, 0.2) is 11.1 Å². The van der Waals surface area contributed by atoms with Gasteiger partial charge in [-0.1, -0.05) is 11.8 Å². The first kappa shape index (κ1) is 6.41. The highest BCUT2D eigenvalue weighted by Gasteiger charge is 2.03. The summed E-state index contributed by atoms with van der Waals surface area (Å²) in [4.78, 5) is 7.77. The summed E-state index contributed by atoms with van der Waals surface area (Å²) >= 11 is 1.57. The Morgan fingerprint density at radius 2 is 2.44 bits per heavy atom. The lowest BCUT2D eigenvalue weighted by Gasteiger charge is -1.88. The molecule has 0 amide bonds. The van der Waals surface area contributed by atoms with Gasteiger partial charge in [-0.2, -0.15) is 4.99 Å². The number of nitrogens with zero attached hydrogens (tertiary/aromatic N) is 2. The first-order valence-electron chi connectivity index (χ1n) is 2.56. The van der Waals surface area contributed by atoms with Crippen LogP contribution < -0.4 is 11.5 Å². The van der Waals surface area contributed by atoms with Gasteiger partial charge in [-0.25, -0.2) is 0 Å². The molecule has 0 atom stereocenters. The van der Waals surface area contributed by atoms with Crippen LogP contribution in [-0.2, 0) is 0 Å². The zero-order valence-corrected chi connectivity index (χ0v) is 5.69. The lowest BCUT2D eigenvalue weighted by molar-refractivity contribution is 1.17. The van der Waals surface area contributed by atoms with Gasteiger partial charge in [0.25, 0.3) is 0 Å². The molecule has 4 N–H and O–H groups in total. The van der Waals surface area contributed by atoms with Crippen molar-refractivity contribution in [3.05, 3.63) is 0 Å². The molecular weight excluding hydrogens is 136 g/mol. The molecule has 0 bridgehead atoms. The molecule has 1 aliphatic rings. The molecule has 1 aliphatic heterocycles. The van der Waals surface area contributed by atoms with Gasteiger partial charge in [-0.3, -0.25) is 4.99 Å². The molecule has 9 heavy (non-hydrogen) atoms. The van der Waals surface area contributed by atoms with Crippen LogP contribution >= 0.6 is 11.8 Å². The summed E-state index contributed by atoms with van der Waals surface area (Å²) in [6.07, 6.45) is 0. The lowest BCUT2D eigenvalue weighted by atomic mass is 10.8. The summed E-state index contributed by atoms with van der Waals surface area (Å²) < 4.78 is 0. The van der Waals surface area contributed by atoms with E-state index in [1.165, 1.54) is 0 Å². The van der Waals surface area contributed by atoms with Crippen LogP contribution in [0.2, 0.25) is 0 Å². The van der Waals surface area contributed by atoms with Gasteiger partial charge >= 0.3 is 0 Å². The maximum atomic E-state index is 5.11. The van der Waals surface area contributed by atoms with Crippen molar-refractivity contribution in [2.24, 2.45) is 21.5 Å². The van der Waals surface area contributed by atoms with E-state index in [2.05, 4.69) is 9.98 Å². The summed E-state index contributed by atoms with van der Waals surface area (Å²) in [5.41, 5.74) is 10.2. The molecule has 0 spiro atoms. The topological polar surface area (TPSA) is 76.8 Å². The zero-order chi connectivity index (χ0) is 6.69. The van der Waals surface area contributed by atoms with E-state index >= 15 is 0 Å². The van der Waals surface area contributed by atoms with Gasteiger partial charge < -0.3 is 11.5 Å². The molecule has 1 heterocycles. The van der Waals surface area contributed by atoms with E-state index in [0.29, 0.717) is 5.17 Å². The highest BCUT2D eigenvalue weighted by molar-refractivity contribution is 8.14. The van der Waals surface area contributed by atoms with Crippen LogP contribution in [0, 0.1) is 0 Å². The number of hydrogen-bond acceptors (Lipinski definition) is 3. The number of amidine groups is 1. The van der Waals surface area contributed by atoms with Crippen LogP contribution in [0.5, 0.6) is 0 Å². The van der Waals surface area contributed by atoms with Crippen LogP contribution in [0.1, 0.15) is 0 Å². The van der Waals surface area contributed by atoms with E-state index in [1.54, 1.807) is 11.8 Å². The maximum Gasteiger partial charge on any atom is 0.193 e. The average molecular weight is 144 g/mol. The normalized spacial score (nSPS) is 17.1. The van der Waals surface area contributed by atoms with Crippen molar-refractivity contribution in [3.8, 4) is 0 Å². The van der Waals surface area contributed by atoms with Crippen molar-refractivity contribution >= 4 is 22.9 Å². The molecule has 0 saturated heterocycles. The third-order valence-electron chi connectivity index (χ3n) is 0.794. The number of hydrogen-bond donors (Lipinski definition) is 2. The standard InChI is InChI=1S/C4H8N4S/c5-3(6)8-4-7-1-2-9-4/h1-2H2,(H4,5,6,7,8). The van der Waals surface area contributed by atoms with E-state index in [9.17, 15) is 0 Å². The van der Waals surface area contributed by atoms with Gasteiger partial charge in [0, 0.05) is 5.75 Å². The lowest BCUT2D eigenvalue weighted by Crippen LogP contribution is -2.23. The number of guanidine groups is 1. The van der Waals surface area contributed by atoms with Crippen molar-refractivity contribution < 1.29 is 0 Å². The summed E-state index contributed by atoms with van der Waals surface area (Å²) in [6.45, 7) is 0.830. The van der Waals surface area contributed by atoms with Gasteiger partial charge in [-0.05, 0) is 0 Å². The molecule has 0 saturated carbocycles. The van der Waals surface area contributed by atoms with Gasteiger partial charge in [0.2, 0.25) is 0 Å². The van der Waals surface area contributed by atoms with Crippen molar-refractivity contribution in [1.29, 1.82) is 0 Å². The maximum absolute atomic E-state index is 5.11. The summed E-state index contributed by atoms with van der Waals surface area (Å²) in [5.74, 6) is 1.08. The Kier molecular flexibility index (Phi) is 1.94. The Morgan fingerprint density at radius 1 is 1.67 bits per heavy atom. The van der Waals surface area contributed by atoms with Crippen LogP contribution in [0.4, 0.5) is 0 Å². The molecule has 0 aromatic heterocycles. The minimum atomic E-state index is 0.0863. The van der Waals surface area contributed by atoms with Gasteiger partial charge in [-0.15, -0.1) is 0 Å². The van der Waals surface area contributed by atoms with Crippen LogP contribution in [0.15, 0.2) is 9.98 Å². The fraction of sp³-hybridized carbons (Fsp3) is 0.500. The van der Waals surface area contributed by atoms with Gasteiger partial charge in [0.05, 0.1) is 6.54 Å². The summed E-state index contributed by atoms with van der Waals surface area (Å²) in [6, 6.07) is 0. The molecule has 50 valence electrons. The van der Waals surface area contributed by atoms with Crippen LogP contribution in [0.3, 0.4) is 0 Å². The average Bonchev–Trinajstić information content (AvgIpc) is 2.15. The van der Waals surface area contributed by atoms with E-state index < -0.39 is 0 Å². The minimum Gasteiger partial charge on any atom is -0.370 e. The third-order valence-corrected chi connectivity index (χ3v) is 1.66. The highest BCUT2D eigenvalue weighted by Crippen LogP contribution is 2.11. The van der Waals surface area contributed by atoms with E-state index in [-0.39, 0.29) is 5.96 Å². The number of aliphatic imine (C=N–C) groups is 2. The molecule has 0 aromatic rings. The van der Waals surface area contributed by atoms with Crippen LogP contribution in [0.25, 0.3) is 0 Å². The van der Waals surface area contributed by atoms with Crippen LogP contribution in [-0.4, -0.2) is 23.4 Å². The minimum absolute atomic E-state index is 0.0863. The molecule has 0 aliphatic carbocycles. The molecule has 0 fully saturated rings. The molecular formula is C4H8N4S. The second-order valence-electron chi connectivity index (χ2n) is 1.55. The second-order valence-corrected chi connectivity index (χ2v) is 2.61. The Labute approximate surface area is 57.4 Å². The number of rotatable bonds is 0. The van der Waals surface area contributed by atoms with Crippen molar-refractivity contribution in [3.63, 3.8) is 0 Å². The largest absolute Gasteiger partial charge is 0.370 e. The number of nitrogens with two attached hydrogens (primary N) is 2. The first-order valence-corrected chi connectivity index (χ1v) is 3.54.